The van der Waals surface area contributed by atoms with Gasteiger partial charge in [0.05, 0.1) is 5.52 Å². The molecular formula is C16H20F2N2O. The van der Waals surface area contributed by atoms with Crippen LogP contribution in [-0.2, 0) is 4.74 Å². The number of fused-ring (bicyclic) bond motifs is 1. The van der Waals surface area contributed by atoms with E-state index in [9.17, 15) is 8.78 Å². The maximum atomic E-state index is 12.1. The minimum atomic E-state index is -2.41. The van der Waals surface area contributed by atoms with Gasteiger partial charge in [-0.1, -0.05) is 25.1 Å². The van der Waals surface area contributed by atoms with Crippen molar-refractivity contribution in [1.29, 1.82) is 0 Å². The predicted octanol–water partition coefficient (Wildman–Crippen LogP) is 3.56. The number of hydrogen-bond acceptors (Lipinski definition) is 3. The molecular weight excluding hydrogens is 274 g/mol. The van der Waals surface area contributed by atoms with E-state index in [4.69, 9.17) is 4.74 Å². The molecule has 1 aromatic heterocycles. The number of benzene rings is 1. The van der Waals surface area contributed by atoms with Crippen molar-refractivity contribution in [2.45, 2.75) is 25.8 Å². The molecule has 21 heavy (non-hydrogen) atoms. The van der Waals surface area contributed by atoms with Crippen LogP contribution < -0.4 is 5.32 Å². The lowest BCUT2D eigenvalue weighted by molar-refractivity contribution is 0.0144. The van der Waals surface area contributed by atoms with Crippen molar-refractivity contribution in [1.82, 2.24) is 10.3 Å². The lowest BCUT2D eigenvalue weighted by Crippen LogP contribution is -2.23. The standard InChI is InChI=1S/C16H20F2N2O/c1-2-19-15(8-10-21-11-16(17)18)12-5-3-7-14-13(12)6-4-9-20-14/h3-7,9,15-16,19H,2,8,10-11H2,1H3. The molecule has 1 unspecified atom stereocenters. The number of rotatable bonds is 8. The molecule has 0 aliphatic heterocycles. The van der Waals surface area contributed by atoms with E-state index < -0.39 is 13.0 Å². The van der Waals surface area contributed by atoms with E-state index in [2.05, 4.69) is 10.3 Å². The quantitative estimate of drug-likeness (QED) is 0.756. The van der Waals surface area contributed by atoms with Crippen LogP contribution in [0.3, 0.4) is 0 Å². The number of nitrogens with one attached hydrogen (secondary N) is 1. The summed E-state index contributed by atoms with van der Waals surface area (Å²) in [5.74, 6) is 0. The van der Waals surface area contributed by atoms with Crippen LogP contribution >= 0.6 is 0 Å². The molecule has 0 bridgehead atoms. The first kappa shape index (κ1) is 15.8. The fraction of sp³-hybridized carbons (Fsp3) is 0.438. The SMILES string of the molecule is CCNC(CCOCC(F)F)c1cccc2ncccc12. The van der Waals surface area contributed by atoms with Crippen molar-refractivity contribution < 1.29 is 13.5 Å². The summed E-state index contributed by atoms with van der Waals surface area (Å²) in [5, 5.41) is 4.47. The summed E-state index contributed by atoms with van der Waals surface area (Å²) in [7, 11) is 0. The monoisotopic (exact) mass is 294 g/mol. The summed E-state index contributed by atoms with van der Waals surface area (Å²) < 4.78 is 29.2. The highest BCUT2D eigenvalue weighted by Crippen LogP contribution is 2.25. The van der Waals surface area contributed by atoms with E-state index in [1.54, 1.807) is 6.20 Å². The number of nitrogens with zero attached hydrogens (tertiary/aromatic N) is 1. The summed E-state index contributed by atoms with van der Waals surface area (Å²) in [4.78, 5) is 4.35. The molecule has 0 amide bonds. The van der Waals surface area contributed by atoms with Gasteiger partial charge in [-0.25, -0.2) is 8.78 Å². The van der Waals surface area contributed by atoms with Gasteiger partial charge in [0.25, 0.3) is 6.43 Å². The van der Waals surface area contributed by atoms with Crippen LogP contribution in [0.2, 0.25) is 0 Å². The molecule has 1 N–H and O–H groups in total. The zero-order valence-corrected chi connectivity index (χ0v) is 12.1. The van der Waals surface area contributed by atoms with E-state index in [0.29, 0.717) is 13.0 Å². The summed E-state index contributed by atoms with van der Waals surface area (Å²) in [6, 6.07) is 9.99. The number of hydrogen-bond donors (Lipinski definition) is 1. The third kappa shape index (κ3) is 4.44. The Balaban J connectivity index is 2.12. The molecule has 2 rings (SSSR count). The minimum absolute atomic E-state index is 0.0700. The van der Waals surface area contributed by atoms with Gasteiger partial charge >= 0.3 is 0 Å². The number of halogens is 2. The first-order valence-electron chi connectivity index (χ1n) is 7.15. The van der Waals surface area contributed by atoms with Gasteiger partial charge in [0.15, 0.2) is 0 Å². The number of alkyl halides is 2. The molecule has 0 aliphatic carbocycles. The van der Waals surface area contributed by atoms with Crippen LogP contribution in [-0.4, -0.2) is 31.2 Å². The van der Waals surface area contributed by atoms with Crippen molar-refractivity contribution in [2.24, 2.45) is 0 Å². The fourth-order valence-corrected chi connectivity index (χ4v) is 2.42. The Kier molecular flexibility index (Phi) is 6.02. The molecule has 0 fully saturated rings. The third-order valence-corrected chi connectivity index (χ3v) is 3.30. The Morgan fingerprint density at radius 1 is 1.24 bits per heavy atom. The number of ether oxygens (including phenoxy) is 1. The number of aromatic nitrogens is 1. The summed E-state index contributed by atoms with van der Waals surface area (Å²) >= 11 is 0. The van der Waals surface area contributed by atoms with Gasteiger partial charge in [0.2, 0.25) is 0 Å². The molecule has 1 aromatic carbocycles. The van der Waals surface area contributed by atoms with E-state index >= 15 is 0 Å². The summed E-state index contributed by atoms with van der Waals surface area (Å²) in [5.41, 5.74) is 2.06. The van der Waals surface area contributed by atoms with Gasteiger partial charge < -0.3 is 10.1 Å². The molecule has 0 spiro atoms. The molecule has 3 nitrogen and oxygen atoms in total. The van der Waals surface area contributed by atoms with Crippen molar-refractivity contribution in [3.63, 3.8) is 0 Å². The second-order valence-electron chi connectivity index (χ2n) is 4.78. The van der Waals surface area contributed by atoms with Crippen LogP contribution in [0.15, 0.2) is 36.5 Å². The predicted molar refractivity (Wildman–Crippen MR) is 79.6 cm³/mol. The van der Waals surface area contributed by atoms with Crippen molar-refractivity contribution in [3.8, 4) is 0 Å². The van der Waals surface area contributed by atoms with Crippen LogP contribution in [0.5, 0.6) is 0 Å². The first-order valence-corrected chi connectivity index (χ1v) is 7.15. The molecule has 1 atom stereocenters. The Labute approximate surface area is 123 Å². The highest BCUT2D eigenvalue weighted by atomic mass is 19.3. The zero-order valence-electron chi connectivity index (χ0n) is 12.1. The van der Waals surface area contributed by atoms with Gasteiger partial charge in [-0.15, -0.1) is 0 Å². The average Bonchev–Trinajstić information content (AvgIpc) is 2.49. The van der Waals surface area contributed by atoms with Crippen molar-refractivity contribution >= 4 is 10.9 Å². The Morgan fingerprint density at radius 3 is 2.86 bits per heavy atom. The summed E-state index contributed by atoms with van der Waals surface area (Å²) in [6.45, 7) is 2.63. The van der Waals surface area contributed by atoms with Crippen molar-refractivity contribution in [2.75, 3.05) is 19.8 Å². The van der Waals surface area contributed by atoms with Gasteiger partial charge in [-0.2, -0.15) is 0 Å². The molecule has 0 aliphatic rings. The molecule has 0 saturated heterocycles. The highest BCUT2D eigenvalue weighted by molar-refractivity contribution is 5.82. The molecule has 0 radical (unpaired) electrons. The van der Waals surface area contributed by atoms with E-state index in [-0.39, 0.29) is 6.04 Å². The maximum absolute atomic E-state index is 12.1. The van der Waals surface area contributed by atoms with Crippen LogP contribution in [0, 0.1) is 0 Å². The Morgan fingerprint density at radius 2 is 2.10 bits per heavy atom. The lowest BCUT2D eigenvalue weighted by atomic mass is 9.99. The van der Waals surface area contributed by atoms with E-state index in [0.717, 1.165) is 23.0 Å². The smallest absolute Gasteiger partial charge is 0.261 e. The molecule has 0 saturated carbocycles. The third-order valence-electron chi connectivity index (χ3n) is 3.30. The van der Waals surface area contributed by atoms with Gasteiger partial charge in [0, 0.05) is 24.2 Å². The normalized spacial score (nSPS) is 13.0. The first-order chi connectivity index (χ1) is 10.2. The Bertz CT molecular complexity index is 557. The van der Waals surface area contributed by atoms with Crippen molar-refractivity contribution in [3.05, 3.63) is 42.1 Å². The van der Waals surface area contributed by atoms with E-state index in [1.807, 2.05) is 37.3 Å². The topological polar surface area (TPSA) is 34.1 Å². The fourth-order valence-electron chi connectivity index (χ4n) is 2.42. The average molecular weight is 294 g/mol. The van der Waals surface area contributed by atoms with Crippen LogP contribution in [0.25, 0.3) is 10.9 Å². The highest BCUT2D eigenvalue weighted by Gasteiger charge is 2.14. The largest absolute Gasteiger partial charge is 0.375 e. The zero-order chi connectivity index (χ0) is 15.1. The van der Waals surface area contributed by atoms with Crippen LogP contribution in [0.1, 0.15) is 24.9 Å². The van der Waals surface area contributed by atoms with Gasteiger partial charge in [-0.05, 0) is 30.7 Å². The number of pyridine rings is 1. The second-order valence-corrected chi connectivity index (χ2v) is 4.78. The maximum Gasteiger partial charge on any atom is 0.261 e. The van der Waals surface area contributed by atoms with Crippen LogP contribution in [0.4, 0.5) is 8.78 Å². The second kappa shape index (κ2) is 8.00. The van der Waals surface area contributed by atoms with Gasteiger partial charge in [0.1, 0.15) is 6.61 Å². The molecule has 2 aromatic rings. The molecule has 5 heteroatoms. The molecule has 114 valence electrons. The van der Waals surface area contributed by atoms with Gasteiger partial charge in [-0.3, -0.25) is 4.98 Å². The summed E-state index contributed by atoms with van der Waals surface area (Å²) in [6.07, 6.45) is -0.00125. The molecule has 1 heterocycles. The van der Waals surface area contributed by atoms with E-state index in [1.165, 1.54) is 0 Å². The lowest BCUT2D eigenvalue weighted by Gasteiger charge is -2.20. The minimum Gasteiger partial charge on any atom is -0.375 e. The Hall–Kier alpha value is -1.59.